The number of benzene rings is 1. The second kappa shape index (κ2) is 6.79. The van der Waals surface area contributed by atoms with E-state index < -0.39 is 23.8 Å². The fourth-order valence-electron chi connectivity index (χ4n) is 2.21. The Bertz CT molecular complexity index is 728. The van der Waals surface area contributed by atoms with Gasteiger partial charge in [-0.1, -0.05) is 11.6 Å². The second-order valence-corrected chi connectivity index (χ2v) is 6.92. The summed E-state index contributed by atoms with van der Waals surface area (Å²) in [5.74, 6) is -1.47. The standard InChI is InChI=1S/C16H19ClN2O6/c1-8(20)18-10-6-12-11(5-9(10)17)19(7-13(24-12)14(21)22)15(23)25-16(2,3)4/h5-6,13H,7H2,1-4H3,(H,18,20)(H,21,22). The Morgan fingerprint density at radius 2 is 2.00 bits per heavy atom. The van der Waals surface area contributed by atoms with Crippen molar-refractivity contribution in [3.8, 4) is 5.75 Å². The Labute approximate surface area is 149 Å². The molecule has 1 heterocycles. The highest BCUT2D eigenvalue weighted by Gasteiger charge is 2.36. The number of halogens is 1. The van der Waals surface area contributed by atoms with E-state index in [1.54, 1.807) is 20.8 Å². The van der Waals surface area contributed by atoms with E-state index in [1.165, 1.54) is 19.1 Å². The van der Waals surface area contributed by atoms with Crippen molar-refractivity contribution in [2.45, 2.75) is 39.4 Å². The van der Waals surface area contributed by atoms with E-state index in [0.29, 0.717) is 0 Å². The van der Waals surface area contributed by atoms with E-state index in [4.69, 9.17) is 21.1 Å². The molecule has 8 nitrogen and oxygen atoms in total. The molecule has 0 radical (unpaired) electrons. The van der Waals surface area contributed by atoms with Gasteiger partial charge in [-0.15, -0.1) is 0 Å². The molecule has 1 atom stereocenters. The highest BCUT2D eigenvalue weighted by Crippen LogP contribution is 2.40. The number of hydrogen-bond donors (Lipinski definition) is 2. The van der Waals surface area contributed by atoms with Crippen LogP contribution < -0.4 is 15.0 Å². The predicted molar refractivity (Wildman–Crippen MR) is 91.4 cm³/mol. The van der Waals surface area contributed by atoms with Crippen LogP contribution >= 0.6 is 11.6 Å². The van der Waals surface area contributed by atoms with Gasteiger partial charge in [-0.3, -0.25) is 9.69 Å². The lowest BCUT2D eigenvalue weighted by atomic mass is 10.1. The van der Waals surface area contributed by atoms with Crippen LogP contribution in [-0.4, -0.2) is 41.3 Å². The highest BCUT2D eigenvalue weighted by atomic mass is 35.5. The van der Waals surface area contributed by atoms with Crippen molar-refractivity contribution in [2.24, 2.45) is 0 Å². The Hall–Kier alpha value is -2.48. The van der Waals surface area contributed by atoms with Crippen molar-refractivity contribution < 1.29 is 29.0 Å². The number of carboxylic acid groups (broad SMARTS) is 1. The van der Waals surface area contributed by atoms with Gasteiger partial charge in [-0.2, -0.15) is 0 Å². The van der Waals surface area contributed by atoms with Gasteiger partial charge < -0.3 is 19.9 Å². The van der Waals surface area contributed by atoms with Gasteiger partial charge in [-0.05, 0) is 26.8 Å². The Balaban J connectivity index is 2.46. The number of carboxylic acids is 1. The zero-order valence-corrected chi connectivity index (χ0v) is 15.0. The molecule has 1 aromatic carbocycles. The second-order valence-electron chi connectivity index (χ2n) is 6.52. The van der Waals surface area contributed by atoms with Crippen molar-refractivity contribution in [3.63, 3.8) is 0 Å². The average Bonchev–Trinajstić information content (AvgIpc) is 2.44. The average molecular weight is 371 g/mol. The van der Waals surface area contributed by atoms with Crippen LogP contribution in [0.25, 0.3) is 0 Å². The molecule has 1 aliphatic heterocycles. The minimum atomic E-state index is -1.27. The number of hydrogen-bond acceptors (Lipinski definition) is 5. The number of amides is 2. The van der Waals surface area contributed by atoms with Crippen LogP contribution in [-0.2, 0) is 14.3 Å². The summed E-state index contributed by atoms with van der Waals surface area (Å²) >= 11 is 6.14. The number of carbonyl (C=O) groups excluding carboxylic acids is 2. The van der Waals surface area contributed by atoms with Crippen LogP contribution in [0.1, 0.15) is 27.7 Å². The molecule has 0 spiro atoms. The molecular weight excluding hydrogens is 352 g/mol. The largest absolute Gasteiger partial charge is 0.478 e. The quantitative estimate of drug-likeness (QED) is 0.829. The Morgan fingerprint density at radius 3 is 2.52 bits per heavy atom. The number of nitrogens with zero attached hydrogens (tertiary/aromatic N) is 1. The maximum Gasteiger partial charge on any atom is 0.415 e. The van der Waals surface area contributed by atoms with Crippen LogP contribution in [0.3, 0.4) is 0 Å². The van der Waals surface area contributed by atoms with Gasteiger partial charge >= 0.3 is 12.1 Å². The minimum Gasteiger partial charge on any atom is -0.478 e. The summed E-state index contributed by atoms with van der Waals surface area (Å²) in [5, 5.41) is 12.0. The third-order valence-electron chi connectivity index (χ3n) is 3.16. The molecular formula is C16H19ClN2O6. The lowest BCUT2D eigenvalue weighted by Crippen LogP contribution is -2.48. The lowest BCUT2D eigenvalue weighted by Gasteiger charge is -2.34. The molecule has 1 aromatic rings. The summed E-state index contributed by atoms with van der Waals surface area (Å²) in [6, 6.07) is 2.80. The number of ether oxygens (including phenoxy) is 2. The summed E-state index contributed by atoms with van der Waals surface area (Å²) in [6.45, 7) is 6.19. The van der Waals surface area contributed by atoms with Gasteiger partial charge in [-0.25, -0.2) is 9.59 Å². The van der Waals surface area contributed by atoms with Gasteiger partial charge in [0.2, 0.25) is 12.0 Å². The van der Waals surface area contributed by atoms with E-state index in [2.05, 4.69) is 5.32 Å². The number of carbonyl (C=O) groups is 3. The van der Waals surface area contributed by atoms with Crippen molar-refractivity contribution in [3.05, 3.63) is 17.2 Å². The van der Waals surface area contributed by atoms with E-state index in [9.17, 15) is 19.5 Å². The topological polar surface area (TPSA) is 105 Å². The normalized spacial score (nSPS) is 16.5. The first-order valence-electron chi connectivity index (χ1n) is 7.49. The van der Waals surface area contributed by atoms with E-state index in [-0.39, 0.29) is 34.6 Å². The molecule has 1 unspecified atom stereocenters. The fourth-order valence-corrected chi connectivity index (χ4v) is 2.41. The molecule has 2 amide bonds. The minimum absolute atomic E-state index is 0.109. The number of rotatable bonds is 2. The molecule has 0 saturated carbocycles. The van der Waals surface area contributed by atoms with Crippen LogP contribution in [0.15, 0.2) is 12.1 Å². The van der Waals surface area contributed by atoms with Gasteiger partial charge in [0.05, 0.1) is 22.9 Å². The molecule has 0 aromatic heterocycles. The maximum absolute atomic E-state index is 12.5. The van der Waals surface area contributed by atoms with Crippen LogP contribution in [0.5, 0.6) is 5.75 Å². The molecule has 1 aliphatic rings. The van der Waals surface area contributed by atoms with Crippen LogP contribution in [0.2, 0.25) is 5.02 Å². The van der Waals surface area contributed by atoms with E-state index >= 15 is 0 Å². The molecule has 0 fully saturated rings. The maximum atomic E-state index is 12.5. The van der Waals surface area contributed by atoms with Crippen LogP contribution in [0, 0.1) is 0 Å². The van der Waals surface area contributed by atoms with Crippen molar-refractivity contribution in [2.75, 3.05) is 16.8 Å². The fraction of sp³-hybridized carbons (Fsp3) is 0.438. The summed E-state index contributed by atoms with van der Waals surface area (Å²) in [5.41, 5.74) is -0.234. The summed E-state index contributed by atoms with van der Waals surface area (Å²) in [7, 11) is 0. The molecule has 0 aliphatic carbocycles. The van der Waals surface area contributed by atoms with Crippen molar-refractivity contribution in [1.82, 2.24) is 0 Å². The van der Waals surface area contributed by atoms with Gasteiger partial charge in [0.1, 0.15) is 11.4 Å². The summed E-state index contributed by atoms with van der Waals surface area (Å²) < 4.78 is 10.7. The summed E-state index contributed by atoms with van der Waals surface area (Å²) in [4.78, 5) is 36.2. The molecule has 2 N–H and O–H groups in total. The summed E-state index contributed by atoms with van der Waals surface area (Å²) in [6.07, 6.45) is -1.99. The first-order chi connectivity index (χ1) is 11.5. The third kappa shape index (κ3) is 4.54. The van der Waals surface area contributed by atoms with Crippen molar-refractivity contribution >= 4 is 40.9 Å². The number of fused-ring (bicyclic) bond motifs is 1. The van der Waals surface area contributed by atoms with Crippen molar-refractivity contribution in [1.29, 1.82) is 0 Å². The predicted octanol–water partition coefficient (Wildman–Crippen LogP) is 2.89. The van der Waals surface area contributed by atoms with E-state index in [0.717, 1.165) is 4.90 Å². The first-order valence-corrected chi connectivity index (χ1v) is 7.87. The third-order valence-corrected chi connectivity index (χ3v) is 3.47. The Morgan fingerprint density at radius 1 is 1.36 bits per heavy atom. The monoisotopic (exact) mass is 370 g/mol. The number of aliphatic carboxylic acids is 1. The first kappa shape index (κ1) is 18.9. The lowest BCUT2D eigenvalue weighted by molar-refractivity contribution is -0.144. The number of anilines is 2. The number of nitrogens with one attached hydrogen (secondary N) is 1. The molecule has 25 heavy (non-hydrogen) atoms. The zero-order valence-electron chi connectivity index (χ0n) is 14.3. The molecule has 0 saturated heterocycles. The highest BCUT2D eigenvalue weighted by molar-refractivity contribution is 6.34. The molecule has 2 rings (SSSR count). The SMILES string of the molecule is CC(=O)Nc1cc2c(cc1Cl)N(C(=O)OC(C)(C)C)CC(C(=O)O)O2. The molecule has 136 valence electrons. The van der Waals surface area contributed by atoms with Crippen LogP contribution in [0.4, 0.5) is 16.2 Å². The van der Waals surface area contributed by atoms with Gasteiger partial charge in [0, 0.05) is 13.0 Å². The smallest absolute Gasteiger partial charge is 0.415 e. The van der Waals surface area contributed by atoms with Gasteiger partial charge in [0.15, 0.2) is 0 Å². The van der Waals surface area contributed by atoms with E-state index in [1.807, 2.05) is 0 Å². The Kier molecular flexibility index (Phi) is 5.12. The zero-order chi connectivity index (χ0) is 18.9. The molecule has 9 heteroatoms. The molecule has 0 bridgehead atoms. The van der Waals surface area contributed by atoms with Gasteiger partial charge in [0.25, 0.3) is 0 Å².